The molecule has 1 aromatic heterocycles. The van der Waals surface area contributed by atoms with Crippen LogP contribution in [-0.4, -0.2) is 10.5 Å². The molecule has 0 spiro atoms. The first-order chi connectivity index (χ1) is 6.83. The van der Waals surface area contributed by atoms with Crippen molar-refractivity contribution in [3.8, 4) is 0 Å². The predicted molar refractivity (Wildman–Crippen MR) is 59.8 cm³/mol. The van der Waals surface area contributed by atoms with Gasteiger partial charge in [-0.05, 0) is 25.1 Å². The molecule has 3 nitrogen and oxygen atoms in total. The Bertz CT molecular complexity index is 486. The second-order valence-electron chi connectivity index (χ2n) is 3.14. The van der Waals surface area contributed by atoms with Crippen LogP contribution in [0.5, 0.6) is 0 Å². The summed E-state index contributed by atoms with van der Waals surface area (Å²) in [4.78, 5) is 11.8. The summed E-state index contributed by atoms with van der Waals surface area (Å²) >= 11 is 1.51. The molecule has 2 rings (SSSR count). The maximum atomic E-state index is 11.8. The number of nitrogens with two attached hydrogens (primary N) is 1. The summed E-state index contributed by atoms with van der Waals surface area (Å²) in [6.07, 6.45) is 0.854. The summed E-state index contributed by atoms with van der Waals surface area (Å²) in [6, 6.07) is 7.68. The highest BCUT2D eigenvalue weighted by Crippen LogP contribution is 2.15. The molecule has 0 bridgehead atoms. The summed E-state index contributed by atoms with van der Waals surface area (Å²) in [7, 11) is 0. The van der Waals surface area contributed by atoms with Crippen LogP contribution < -0.4 is 11.3 Å². The third-order valence-corrected chi connectivity index (χ3v) is 3.24. The molecule has 0 saturated carbocycles. The van der Waals surface area contributed by atoms with Gasteiger partial charge in [-0.2, -0.15) is 0 Å². The fourth-order valence-electron chi connectivity index (χ4n) is 1.40. The van der Waals surface area contributed by atoms with Crippen LogP contribution in [0, 0.1) is 0 Å². The van der Waals surface area contributed by atoms with Crippen molar-refractivity contribution >= 4 is 21.6 Å². The third-order valence-electron chi connectivity index (χ3n) is 2.12. The molecule has 0 radical (unpaired) electrons. The van der Waals surface area contributed by atoms with Crippen LogP contribution in [0.2, 0.25) is 0 Å². The fraction of sp³-hybridized carbons (Fsp3) is 0.300. The van der Waals surface area contributed by atoms with E-state index in [-0.39, 0.29) is 5.56 Å². The molecule has 0 atom stereocenters. The minimum atomic E-state index is 0.110. The van der Waals surface area contributed by atoms with Gasteiger partial charge in [0.05, 0.1) is 10.1 Å². The third kappa shape index (κ3) is 1.58. The van der Waals surface area contributed by atoms with E-state index in [0.717, 1.165) is 23.1 Å². The largest absolute Gasteiger partial charge is 0.330 e. The first-order valence-corrected chi connectivity index (χ1v) is 5.39. The first kappa shape index (κ1) is 9.43. The van der Waals surface area contributed by atoms with E-state index >= 15 is 0 Å². The molecule has 0 amide bonds. The van der Waals surface area contributed by atoms with Crippen molar-refractivity contribution in [2.24, 2.45) is 5.73 Å². The van der Waals surface area contributed by atoms with Crippen molar-refractivity contribution in [3.63, 3.8) is 0 Å². The van der Waals surface area contributed by atoms with E-state index in [1.54, 1.807) is 3.96 Å². The smallest absolute Gasteiger partial charge is 0.268 e. The quantitative estimate of drug-likeness (QED) is 0.829. The number of benzene rings is 1. The standard InChI is InChI=1S/C10H12N2OS/c11-6-3-7-12-10(13)8-4-1-2-5-9(8)14-12/h1-2,4-5H,3,6-7,11H2. The van der Waals surface area contributed by atoms with Crippen LogP contribution >= 0.6 is 11.5 Å². The zero-order valence-electron chi connectivity index (χ0n) is 7.77. The van der Waals surface area contributed by atoms with Crippen LogP contribution in [-0.2, 0) is 6.54 Å². The lowest BCUT2D eigenvalue weighted by Gasteiger charge is -1.95. The number of fused-ring (bicyclic) bond motifs is 1. The van der Waals surface area contributed by atoms with Crippen LogP contribution in [0.15, 0.2) is 29.1 Å². The predicted octanol–water partition coefficient (Wildman–Crippen LogP) is 1.41. The highest BCUT2D eigenvalue weighted by atomic mass is 32.1. The van der Waals surface area contributed by atoms with Gasteiger partial charge in [0, 0.05) is 6.54 Å². The Labute approximate surface area is 85.9 Å². The molecule has 14 heavy (non-hydrogen) atoms. The average Bonchev–Trinajstić information content (AvgIpc) is 2.54. The number of hydrogen-bond acceptors (Lipinski definition) is 3. The SMILES string of the molecule is NCCCn1sc2ccccc2c1=O. The number of aromatic nitrogens is 1. The van der Waals surface area contributed by atoms with Crippen LogP contribution in [0.25, 0.3) is 10.1 Å². The van der Waals surface area contributed by atoms with Gasteiger partial charge in [0.1, 0.15) is 0 Å². The van der Waals surface area contributed by atoms with Crippen molar-refractivity contribution in [3.05, 3.63) is 34.6 Å². The van der Waals surface area contributed by atoms with Gasteiger partial charge in [0.25, 0.3) is 5.56 Å². The Morgan fingerprint density at radius 1 is 1.36 bits per heavy atom. The highest BCUT2D eigenvalue weighted by Gasteiger charge is 2.05. The van der Waals surface area contributed by atoms with Gasteiger partial charge >= 0.3 is 0 Å². The first-order valence-electron chi connectivity index (χ1n) is 4.62. The Balaban J connectivity index is 2.47. The molecule has 0 aliphatic heterocycles. The van der Waals surface area contributed by atoms with Gasteiger partial charge < -0.3 is 5.73 Å². The fourth-order valence-corrected chi connectivity index (χ4v) is 2.43. The number of hydrogen-bond donors (Lipinski definition) is 1. The van der Waals surface area contributed by atoms with Gasteiger partial charge in [0.2, 0.25) is 0 Å². The molecule has 0 saturated heterocycles. The Kier molecular flexibility index (Phi) is 2.65. The molecule has 2 aromatic rings. The molecule has 1 aromatic carbocycles. The number of rotatable bonds is 3. The van der Waals surface area contributed by atoms with Crippen LogP contribution in [0.3, 0.4) is 0 Å². The van der Waals surface area contributed by atoms with E-state index < -0.39 is 0 Å². The second-order valence-corrected chi connectivity index (χ2v) is 4.20. The molecule has 0 unspecified atom stereocenters. The van der Waals surface area contributed by atoms with Crippen LogP contribution in [0.4, 0.5) is 0 Å². The maximum absolute atomic E-state index is 11.8. The normalized spacial score (nSPS) is 10.9. The van der Waals surface area contributed by atoms with Crippen molar-refractivity contribution in [1.29, 1.82) is 0 Å². The molecule has 1 heterocycles. The molecular weight excluding hydrogens is 196 g/mol. The minimum Gasteiger partial charge on any atom is -0.330 e. The van der Waals surface area contributed by atoms with Crippen molar-refractivity contribution < 1.29 is 0 Å². The lowest BCUT2D eigenvalue weighted by atomic mass is 10.3. The minimum absolute atomic E-state index is 0.110. The molecule has 0 aliphatic carbocycles. The van der Waals surface area contributed by atoms with E-state index in [9.17, 15) is 4.79 Å². The molecule has 0 fully saturated rings. The van der Waals surface area contributed by atoms with E-state index in [4.69, 9.17) is 5.73 Å². The summed E-state index contributed by atoms with van der Waals surface area (Å²) < 4.78 is 2.83. The molecule has 0 aliphatic rings. The van der Waals surface area contributed by atoms with Gasteiger partial charge in [-0.15, -0.1) is 0 Å². The topological polar surface area (TPSA) is 48.0 Å². The Morgan fingerprint density at radius 3 is 2.86 bits per heavy atom. The highest BCUT2D eigenvalue weighted by molar-refractivity contribution is 7.13. The summed E-state index contributed by atoms with van der Waals surface area (Å²) in [5.74, 6) is 0. The zero-order valence-corrected chi connectivity index (χ0v) is 8.59. The monoisotopic (exact) mass is 208 g/mol. The maximum Gasteiger partial charge on any atom is 0.268 e. The zero-order chi connectivity index (χ0) is 9.97. The van der Waals surface area contributed by atoms with Crippen LogP contribution in [0.1, 0.15) is 6.42 Å². The molecule has 2 N–H and O–H groups in total. The lowest BCUT2D eigenvalue weighted by Crippen LogP contribution is -2.15. The number of aryl methyl sites for hydroxylation is 1. The van der Waals surface area contributed by atoms with Crippen molar-refractivity contribution in [2.45, 2.75) is 13.0 Å². The van der Waals surface area contributed by atoms with E-state index in [2.05, 4.69) is 0 Å². The van der Waals surface area contributed by atoms with Crippen molar-refractivity contribution in [1.82, 2.24) is 3.96 Å². The van der Waals surface area contributed by atoms with Gasteiger partial charge in [0.15, 0.2) is 0 Å². The van der Waals surface area contributed by atoms with Crippen molar-refractivity contribution in [2.75, 3.05) is 6.54 Å². The summed E-state index contributed by atoms with van der Waals surface area (Å²) in [6.45, 7) is 1.36. The van der Waals surface area contributed by atoms with E-state index in [0.29, 0.717) is 6.54 Å². The number of nitrogens with zero attached hydrogens (tertiary/aromatic N) is 1. The van der Waals surface area contributed by atoms with E-state index in [1.807, 2.05) is 24.3 Å². The second kappa shape index (κ2) is 3.94. The summed E-state index contributed by atoms with van der Waals surface area (Å²) in [5.41, 5.74) is 5.52. The summed E-state index contributed by atoms with van der Waals surface area (Å²) in [5, 5.41) is 0.814. The Morgan fingerprint density at radius 2 is 2.14 bits per heavy atom. The molecular formula is C10H12N2OS. The molecule has 4 heteroatoms. The van der Waals surface area contributed by atoms with Gasteiger partial charge in [-0.1, -0.05) is 23.7 Å². The van der Waals surface area contributed by atoms with Gasteiger partial charge in [-0.25, -0.2) is 0 Å². The van der Waals surface area contributed by atoms with E-state index in [1.165, 1.54) is 11.5 Å². The Hall–Kier alpha value is -1.13. The lowest BCUT2D eigenvalue weighted by molar-refractivity contribution is 0.681. The average molecular weight is 208 g/mol. The molecule has 74 valence electrons. The van der Waals surface area contributed by atoms with Gasteiger partial charge in [-0.3, -0.25) is 8.75 Å².